The summed E-state index contributed by atoms with van der Waals surface area (Å²) in [6.45, 7) is 3.95. The van der Waals surface area contributed by atoms with Crippen LogP contribution in [0.2, 0.25) is 0 Å². The molecule has 0 saturated heterocycles. The molecule has 0 atom stereocenters. The standard InChI is InChI=1S/C20H22IN3O4/c1-12-5-6-15(7-13(12)2)23-18(25)10-19(26)24-22-11-14-8-16(21)20(28-4)17(9-14)27-3/h5-9,11H,10H2,1-4H3,(H,23,25)(H,24,26). The summed E-state index contributed by atoms with van der Waals surface area (Å²) in [5.74, 6) is 0.284. The summed E-state index contributed by atoms with van der Waals surface area (Å²) in [5, 5.41) is 6.60. The molecule has 7 nitrogen and oxygen atoms in total. The van der Waals surface area contributed by atoms with E-state index >= 15 is 0 Å². The number of hydrazone groups is 1. The average Bonchev–Trinajstić information content (AvgIpc) is 2.64. The van der Waals surface area contributed by atoms with Crippen LogP contribution in [0.25, 0.3) is 0 Å². The molecule has 0 aromatic heterocycles. The van der Waals surface area contributed by atoms with Gasteiger partial charge in [-0.3, -0.25) is 9.59 Å². The molecule has 2 aromatic carbocycles. The van der Waals surface area contributed by atoms with Crippen LogP contribution in [0.4, 0.5) is 5.69 Å². The number of carbonyl (C=O) groups excluding carboxylic acids is 2. The third kappa shape index (κ3) is 5.95. The molecule has 2 aromatic rings. The van der Waals surface area contributed by atoms with E-state index in [4.69, 9.17) is 9.47 Å². The molecule has 2 amide bonds. The lowest BCUT2D eigenvalue weighted by atomic mass is 10.1. The van der Waals surface area contributed by atoms with Gasteiger partial charge in [0.2, 0.25) is 11.8 Å². The summed E-state index contributed by atoms with van der Waals surface area (Å²) in [6, 6.07) is 9.16. The Labute approximate surface area is 177 Å². The largest absolute Gasteiger partial charge is 0.493 e. The first-order valence-electron chi connectivity index (χ1n) is 8.44. The Morgan fingerprint density at radius 3 is 2.46 bits per heavy atom. The third-order valence-electron chi connectivity index (χ3n) is 3.97. The molecule has 0 bridgehead atoms. The fourth-order valence-electron chi connectivity index (χ4n) is 2.40. The minimum atomic E-state index is -0.507. The molecule has 0 aliphatic heterocycles. The maximum absolute atomic E-state index is 12.0. The Kier molecular flexibility index (Phi) is 7.80. The molecule has 2 N–H and O–H groups in total. The van der Waals surface area contributed by atoms with Crippen LogP contribution in [-0.2, 0) is 9.59 Å². The van der Waals surface area contributed by atoms with Crippen molar-refractivity contribution in [1.82, 2.24) is 5.43 Å². The van der Waals surface area contributed by atoms with Crippen molar-refractivity contribution in [1.29, 1.82) is 0 Å². The van der Waals surface area contributed by atoms with Gasteiger partial charge in [0, 0.05) is 5.69 Å². The van der Waals surface area contributed by atoms with E-state index in [0.717, 1.165) is 20.3 Å². The molecule has 2 rings (SSSR count). The van der Waals surface area contributed by atoms with Crippen LogP contribution in [0.1, 0.15) is 23.1 Å². The van der Waals surface area contributed by atoms with Crippen LogP contribution in [-0.4, -0.2) is 32.2 Å². The number of hydrogen-bond acceptors (Lipinski definition) is 5. The van der Waals surface area contributed by atoms with Crippen LogP contribution >= 0.6 is 22.6 Å². The van der Waals surface area contributed by atoms with E-state index in [-0.39, 0.29) is 6.42 Å². The highest BCUT2D eigenvalue weighted by molar-refractivity contribution is 14.1. The summed E-state index contributed by atoms with van der Waals surface area (Å²) in [4.78, 5) is 23.9. The number of benzene rings is 2. The molecule has 0 saturated carbocycles. The van der Waals surface area contributed by atoms with E-state index in [1.165, 1.54) is 6.21 Å². The van der Waals surface area contributed by atoms with Crippen molar-refractivity contribution >= 4 is 46.3 Å². The van der Waals surface area contributed by atoms with Crippen LogP contribution in [0, 0.1) is 17.4 Å². The number of ether oxygens (including phenoxy) is 2. The van der Waals surface area contributed by atoms with Gasteiger partial charge in [0.25, 0.3) is 0 Å². The van der Waals surface area contributed by atoms with Crippen LogP contribution in [0.15, 0.2) is 35.4 Å². The predicted molar refractivity (Wildman–Crippen MR) is 117 cm³/mol. The Morgan fingerprint density at radius 1 is 1.07 bits per heavy atom. The Morgan fingerprint density at radius 2 is 1.82 bits per heavy atom. The van der Waals surface area contributed by atoms with Crippen molar-refractivity contribution in [2.45, 2.75) is 20.3 Å². The van der Waals surface area contributed by atoms with Crippen molar-refractivity contribution in [2.75, 3.05) is 19.5 Å². The molecule has 0 fully saturated rings. The number of hydrogen-bond donors (Lipinski definition) is 2. The number of halogens is 1. The number of carbonyl (C=O) groups is 2. The number of amides is 2. The van der Waals surface area contributed by atoms with Crippen molar-refractivity contribution in [3.8, 4) is 11.5 Å². The van der Waals surface area contributed by atoms with Gasteiger partial charge in [-0.1, -0.05) is 6.07 Å². The Bertz CT molecular complexity index is 913. The van der Waals surface area contributed by atoms with E-state index in [9.17, 15) is 9.59 Å². The maximum atomic E-state index is 12.0. The minimum absolute atomic E-state index is 0.326. The number of aryl methyl sites for hydroxylation is 2. The van der Waals surface area contributed by atoms with Crippen molar-refractivity contribution in [3.05, 3.63) is 50.6 Å². The molecule has 0 aliphatic carbocycles. The van der Waals surface area contributed by atoms with Crippen molar-refractivity contribution in [3.63, 3.8) is 0 Å². The SMILES string of the molecule is COc1cc(C=NNC(=O)CC(=O)Nc2ccc(C)c(C)c2)cc(I)c1OC. The fraction of sp³-hybridized carbons (Fsp3) is 0.250. The number of methoxy groups -OCH3 is 2. The van der Waals surface area contributed by atoms with Crippen LogP contribution in [0.5, 0.6) is 11.5 Å². The summed E-state index contributed by atoms with van der Waals surface area (Å²) < 4.78 is 11.4. The first-order valence-corrected chi connectivity index (χ1v) is 9.52. The summed E-state index contributed by atoms with van der Waals surface area (Å²) in [6.07, 6.45) is 1.15. The van der Waals surface area contributed by atoms with Gasteiger partial charge in [0.05, 0.1) is 24.0 Å². The molecular formula is C20H22IN3O4. The monoisotopic (exact) mass is 495 g/mol. The normalized spacial score (nSPS) is 10.6. The quantitative estimate of drug-likeness (QED) is 0.267. The number of rotatable bonds is 7. The maximum Gasteiger partial charge on any atom is 0.249 e. The molecule has 0 spiro atoms. The molecule has 0 radical (unpaired) electrons. The van der Waals surface area contributed by atoms with E-state index in [1.54, 1.807) is 26.4 Å². The first kappa shape index (κ1) is 21.7. The van der Waals surface area contributed by atoms with E-state index in [1.807, 2.05) is 32.0 Å². The zero-order valence-electron chi connectivity index (χ0n) is 16.1. The molecule has 8 heteroatoms. The second-order valence-corrected chi connectivity index (χ2v) is 7.22. The van der Waals surface area contributed by atoms with Gasteiger partial charge in [-0.2, -0.15) is 5.10 Å². The highest BCUT2D eigenvalue weighted by Crippen LogP contribution is 2.32. The van der Waals surface area contributed by atoms with E-state index in [0.29, 0.717) is 17.2 Å². The smallest absolute Gasteiger partial charge is 0.249 e. The lowest BCUT2D eigenvalue weighted by Gasteiger charge is -2.10. The molecule has 0 heterocycles. The summed E-state index contributed by atoms with van der Waals surface area (Å²) >= 11 is 2.12. The topological polar surface area (TPSA) is 89.0 Å². The lowest BCUT2D eigenvalue weighted by molar-refractivity contribution is -0.126. The molecular weight excluding hydrogens is 473 g/mol. The van der Waals surface area contributed by atoms with Gasteiger partial charge < -0.3 is 14.8 Å². The van der Waals surface area contributed by atoms with Crippen LogP contribution < -0.4 is 20.2 Å². The fourth-order valence-corrected chi connectivity index (χ4v) is 3.25. The summed E-state index contributed by atoms with van der Waals surface area (Å²) in [5.41, 5.74) is 5.93. The Hall–Kier alpha value is -2.62. The van der Waals surface area contributed by atoms with Crippen molar-refractivity contribution in [2.24, 2.45) is 5.10 Å². The summed E-state index contributed by atoms with van der Waals surface area (Å²) in [7, 11) is 3.11. The lowest BCUT2D eigenvalue weighted by Crippen LogP contribution is -2.24. The highest BCUT2D eigenvalue weighted by Gasteiger charge is 2.11. The molecule has 28 heavy (non-hydrogen) atoms. The van der Waals surface area contributed by atoms with Crippen LogP contribution in [0.3, 0.4) is 0 Å². The first-order chi connectivity index (χ1) is 13.3. The van der Waals surface area contributed by atoms with Gasteiger partial charge in [0.1, 0.15) is 6.42 Å². The third-order valence-corrected chi connectivity index (χ3v) is 4.77. The van der Waals surface area contributed by atoms with E-state index in [2.05, 4.69) is 38.4 Å². The highest BCUT2D eigenvalue weighted by atomic mass is 127. The van der Waals surface area contributed by atoms with Gasteiger partial charge >= 0.3 is 0 Å². The zero-order valence-corrected chi connectivity index (χ0v) is 18.3. The zero-order chi connectivity index (χ0) is 20.7. The number of nitrogens with zero attached hydrogens (tertiary/aromatic N) is 1. The van der Waals surface area contributed by atoms with Gasteiger partial charge in [0.15, 0.2) is 11.5 Å². The van der Waals surface area contributed by atoms with E-state index < -0.39 is 11.8 Å². The number of nitrogens with one attached hydrogen (secondary N) is 2. The molecule has 0 unspecified atom stereocenters. The van der Waals surface area contributed by atoms with Gasteiger partial charge in [-0.15, -0.1) is 0 Å². The molecule has 148 valence electrons. The molecule has 0 aliphatic rings. The predicted octanol–water partition coefficient (Wildman–Crippen LogP) is 3.40. The average molecular weight is 495 g/mol. The van der Waals surface area contributed by atoms with Crippen molar-refractivity contribution < 1.29 is 19.1 Å². The minimum Gasteiger partial charge on any atom is -0.493 e. The second-order valence-electron chi connectivity index (χ2n) is 6.06. The Balaban J connectivity index is 1.92. The van der Waals surface area contributed by atoms with Gasteiger partial charge in [-0.25, -0.2) is 5.43 Å². The van der Waals surface area contributed by atoms with Gasteiger partial charge in [-0.05, 0) is 77.4 Å². The second kappa shape index (κ2) is 10.1. The number of anilines is 1.